The topological polar surface area (TPSA) is 60.4 Å². The summed E-state index contributed by atoms with van der Waals surface area (Å²) in [5.41, 5.74) is 3.06. The minimum atomic E-state index is -2.86. The molecule has 1 aliphatic rings. The lowest BCUT2D eigenvalue weighted by atomic mass is 10.4. The largest absolute Gasteiger partial charge is 0.750 e. The molecule has 11 heavy (non-hydrogen) atoms. The molecule has 0 saturated heterocycles. The van der Waals surface area contributed by atoms with E-state index in [0.717, 1.165) is 0 Å². The molecule has 1 aliphatic carbocycles. The summed E-state index contributed by atoms with van der Waals surface area (Å²) in [5, 5.41) is 0. The molecule has 0 radical (unpaired) electrons. The van der Waals surface area contributed by atoms with Crippen molar-refractivity contribution in [3.63, 3.8) is 0 Å². The molecular formula is C7H7O3S-. The van der Waals surface area contributed by atoms with Gasteiger partial charge in [0.1, 0.15) is 0 Å². The van der Waals surface area contributed by atoms with Crippen LogP contribution in [0.15, 0.2) is 24.3 Å². The summed E-state index contributed by atoms with van der Waals surface area (Å²) in [5.74, 6) is 0. The molecule has 1 N–H and O–H groups in total. The minimum Gasteiger partial charge on any atom is -0.750 e. The molecule has 0 saturated carbocycles. The van der Waals surface area contributed by atoms with E-state index in [9.17, 15) is 0 Å². The van der Waals surface area contributed by atoms with E-state index >= 15 is 0 Å². The first-order chi connectivity index (χ1) is 5.20. The maximum Gasteiger partial charge on any atom is 0.0814 e. The van der Waals surface area contributed by atoms with Crippen LogP contribution >= 0.6 is 0 Å². The van der Waals surface area contributed by atoms with E-state index in [1.807, 2.05) is 0 Å². The minimum absolute atomic E-state index is 1.24. The Morgan fingerprint density at radius 3 is 2.00 bits per heavy atom. The molecule has 4 heteroatoms. The third-order valence-corrected chi connectivity index (χ3v) is 1.37. The van der Waals surface area contributed by atoms with Gasteiger partial charge in [0, 0.05) is 0 Å². The predicted octanol–water partition coefficient (Wildman–Crippen LogP) is 0.929. The molecular weight excluding hydrogens is 164 g/mol. The zero-order chi connectivity index (χ0) is 8.27. The molecule has 3 nitrogen and oxygen atoms in total. The quantitative estimate of drug-likeness (QED) is 0.600. The Morgan fingerprint density at radius 2 is 1.73 bits per heavy atom. The van der Waals surface area contributed by atoms with Gasteiger partial charge in [-0.2, -0.15) is 0 Å². The molecule has 1 unspecified atom stereocenters. The lowest BCUT2D eigenvalue weighted by molar-refractivity contribution is 0.436. The SMILES string of the molecule is O=S([O-])O.c1ccc2c(c1)C2. The van der Waals surface area contributed by atoms with Gasteiger partial charge in [0.15, 0.2) is 0 Å². The zero-order valence-electron chi connectivity index (χ0n) is 5.69. The molecule has 1 aromatic carbocycles. The van der Waals surface area contributed by atoms with Crippen LogP contribution in [0.25, 0.3) is 0 Å². The Hall–Kier alpha value is -0.710. The van der Waals surface area contributed by atoms with Gasteiger partial charge in [0.25, 0.3) is 0 Å². The van der Waals surface area contributed by atoms with Crippen molar-refractivity contribution >= 4 is 11.4 Å². The smallest absolute Gasteiger partial charge is 0.0814 e. The van der Waals surface area contributed by atoms with Gasteiger partial charge >= 0.3 is 0 Å². The van der Waals surface area contributed by atoms with Gasteiger partial charge in [0.2, 0.25) is 0 Å². The molecule has 0 aliphatic heterocycles. The van der Waals surface area contributed by atoms with Crippen molar-refractivity contribution in [2.24, 2.45) is 0 Å². The lowest BCUT2D eigenvalue weighted by Crippen LogP contribution is -1.75. The fraction of sp³-hybridized carbons (Fsp3) is 0.143. The average Bonchev–Trinajstić information content (AvgIpc) is 2.62. The fourth-order valence-electron chi connectivity index (χ4n) is 0.836. The van der Waals surface area contributed by atoms with Crippen molar-refractivity contribution in [3.8, 4) is 0 Å². The Bertz CT molecular complexity index is 247. The van der Waals surface area contributed by atoms with Crippen LogP contribution in [-0.4, -0.2) is 13.3 Å². The van der Waals surface area contributed by atoms with Gasteiger partial charge in [-0.1, -0.05) is 24.3 Å². The average molecular weight is 171 g/mol. The third-order valence-electron chi connectivity index (χ3n) is 1.37. The summed E-state index contributed by atoms with van der Waals surface area (Å²) in [6, 6.07) is 8.53. The molecule has 2 rings (SSSR count). The monoisotopic (exact) mass is 171 g/mol. The van der Waals surface area contributed by atoms with Crippen molar-refractivity contribution in [2.45, 2.75) is 6.42 Å². The zero-order valence-corrected chi connectivity index (χ0v) is 6.50. The molecule has 1 aromatic rings. The Balaban J connectivity index is 0.000000134. The van der Waals surface area contributed by atoms with Crippen LogP contribution in [0.1, 0.15) is 11.1 Å². The molecule has 0 heterocycles. The van der Waals surface area contributed by atoms with E-state index in [-0.39, 0.29) is 0 Å². The molecule has 0 amide bonds. The second-order valence-electron chi connectivity index (χ2n) is 2.16. The standard InChI is InChI=1S/C7H6.H2O3S/c1-2-4-7-5-6(7)3-1;1-4(2)3/h1-4H,5H2;(H2,1,2,3)/p-1. The van der Waals surface area contributed by atoms with Crippen molar-refractivity contribution in [3.05, 3.63) is 35.4 Å². The van der Waals surface area contributed by atoms with Crippen molar-refractivity contribution in [2.75, 3.05) is 0 Å². The highest BCUT2D eigenvalue weighted by atomic mass is 32.2. The summed E-state index contributed by atoms with van der Waals surface area (Å²) in [7, 11) is 0. The fourth-order valence-corrected chi connectivity index (χ4v) is 0.836. The van der Waals surface area contributed by atoms with Crippen LogP contribution in [0, 0.1) is 0 Å². The van der Waals surface area contributed by atoms with E-state index in [2.05, 4.69) is 24.3 Å². The second-order valence-corrected chi connectivity index (χ2v) is 2.60. The van der Waals surface area contributed by atoms with Crippen LogP contribution in [-0.2, 0) is 17.8 Å². The summed E-state index contributed by atoms with van der Waals surface area (Å²) in [4.78, 5) is 0. The van der Waals surface area contributed by atoms with E-state index in [1.165, 1.54) is 17.5 Å². The highest BCUT2D eigenvalue weighted by molar-refractivity contribution is 7.73. The van der Waals surface area contributed by atoms with Crippen molar-refractivity contribution < 1.29 is 13.3 Å². The van der Waals surface area contributed by atoms with Crippen LogP contribution in [0.4, 0.5) is 0 Å². The molecule has 60 valence electrons. The highest BCUT2D eigenvalue weighted by Gasteiger charge is 2.12. The van der Waals surface area contributed by atoms with Crippen LogP contribution < -0.4 is 0 Å². The summed E-state index contributed by atoms with van der Waals surface area (Å²) in [6.07, 6.45) is 1.24. The molecule has 0 bridgehead atoms. The van der Waals surface area contributed by atoms with E-state index in [4.69, 9.17) is 13.3 Å². The van der Waals surface area contributed by atoms with Gasteiger partial charge in [-0.25, -0.2) is 4.21 Å². The third kappa shape index (κ3) is 3.27. The maximum absolute atomic E-state index is 8.56. The number of rotatable bonds is 0. The summed E-state index contributed by atoms with van der Waals surface area (Å²) < 4.78 is 24.1. The molecule has 0 spiro atoms. The van der Waals surface area contributed by atoms with E-state index in [0.29, 0.717) is 0 Å². The van der Waals surface area contributed by atoms with Crippen molar-refractivity contribution in [1.29, 1.82) is 0 Å². The summed E-state index contributed by atoms with van der Waals surface area (Å²) >= 11 is -2.86. The number of hydrogen-bond acceptors (Lipinski definition) is 2. The normalized spacial score (nSPS) is 14.0. The van der Waals surface area contributed by atoms with Gasteiger partial charge < -0.3 is 9.11 Å². The number of benzene rings is 1. The maximum atomic E-state index is 8.56. The highest BCUT2D eigenvalue weighted by Crippen LogP contribution is 2.25. The first-order valence-electron chi connectivity index (χ1n) is 3.05. The van der Waals surface area contributed by atoms with Gasteiger partial charge in [-0.3, -0.25) is 0 Å². The Morgan fingerprint density at radius 1 is 1.36 bits per heavy atom. The first kappa shape index (κ1) is 8.39. The molecule has 0 fully saturated rings. The van der Waals surface area contributed by atoms with E-state index < -0.39 is 11.4 Å². The van der Waals surface area contributed by atoms with Crippen LogP contribution in [0.5, 0.6) is 0 Å². The van der Waals surface area contributed by atoms with Gasteiger partial charge in [-0.15, -0.1) is 0 Å². The summed E-state index contributed by atoms with van der Waals surface area (Å²) in [6.45, 7) is 0. The van der Waals surface area contributed by atoms with Gasteiger partial charge in [0.05, 0.1) is 11.4 Å². The molecule has 1 atom stereocenters. The second kappa shape index (κ2) is 3.61. The molecule has 0 aromatic heterocycles. The van der Waals surface area contributed by atoms with Crippen molar-refractivity contribution in [1.82, 2.24) is 0 Å². The Kier molecular flexibility index (Phi) is 2.76. The lowest BCUT2D eigenvalue weighted by Gasteiger charge is -1.83. The first-order valence-corrected chi connectivity index (χ1v) is 4.08. The number of hydrogen-bond donors (Lipinski definition) is 1. The number of fused-ring (bicyclic) bond motifs is 1. The Labute approximate surface area is 67.2 Å². The van der Waals surface area contributed by atoms with Crippen LogP contribution in [0.3, 0.4) is 0 Å². The van der Waals surface area contributed by atoms with Gasteiger partial charge in [-0.05, 0) is 17.5 Å². The predicted molar refractivity (Wildman–Crippen MR) is 40.8 cm³/mol. The van der Waals surface area contributed by atoms with E-state index in [1.54, 1.807) is 0 Å². The van der Waals surface area contributed by atoms with Crippen LogP contribution in [0.2, 0.25) is 0 Å².